The van der Waals surface area contributed by atoms with Gasteiger partial charge in [0, 0.05) is 36.9 Å². The van der Waals surface area contributed by atoms with E-state index >= 15 is 0 Å². The summed E-state index contributed by atoms with van der Waals surface area (Å²) in [6.45, 7) is 3.36. The quantitative estimate of drug-likeness (QED) is 0.781. The first-order chi connectivity index (χ1) is 13.4. The van der Waals surface area contributed by atoms with Crippen LogP contribution in [0.2, 0.25) is 0 Å². The van der Waals surface area contributed by atoms with Crippen LogP contribution in [0.4, 0.5) is 18.9 Å². The number of nitrogens with zero attached hydrogens (tertiary/aromatic N) is 3. The molecule has 1 amide bonds. The van der Waals surface area contributed by atoms with Crippen LogP contribution >= 0.6 is 0 Å². The zero-order valence-corrected chi connectivity index (χ0v) is 15.1. The van der Waals surface area contributed by atoms with Gasteiger partial charge in [-0.05, 0) is 18.2 Å². The van der Waals surface area contributed by atoms with Crippen molar-refractivity contribution in [2.24, 2.45) is 0 Å². The maximum atomic E-state index is 13.0. The van der Waals surface area contributed by atoms with Crippen molar-refractivity contribution in [2.45, 2.75) is 12.3 Å². The molecule has 0 spiro atoms. The Morgan fingerprint density at radius 1 is 1.11 bits per heavy atom. The molecule has 2 saturated heterocycles. The molecule has 28 heavy (non-hydrogen) atoms. The number of ether oxygens (including phenoxy) is 2. The van der Waals surface area contributed by atoms with Gasteiger partial charge in [-0.2, -0.15) is 13.2 Å². The lowest BCUT2D eigenvalue weighted by atomic mass is 10.1. The molecule has 2 aliphatic heterocycles. The smallest absolute Gasteiger partial charge is 0.378 e. The summed E-state index contributed by atoms with van der Waals surface area (Å²) >= 11 is 0. The maximum Gasteiger partial charge on any atom is 0.416 e. The van der Waals surface area contributed by atoms with E-state index in [0.29, 0.717) is 51.4 Å². The number of pyridine rings is 1. The summed E-state index contributed by atoms with van der Waals surface area (Å²) in [7, 11) is 0. The van der Waals surface area contributed by atoms with Crippen molar-refractivity contribution in [1.82, 2.24) is 9.88 Å². The average molecular weight is 395 g/mol. The van der Waals surface area contributed by atoms with Crippen molar-refractivity contribution < 1.29 is 27.4 Å². The summed E-state index contributed by atoms with van der Waals surface area (Å²) in [5.41, 5.74) is 0.295. The van der Waals surface area contributed by atoms with Gasteiger partial charge in [-0.1, -0.05) is 6.07 Å². The Kier molecular flexibility index (Phi) is 5.11. The molecular formula is C19H20F3N3O3. The molecule has 0 radical (unpaired) electrons. The van der Waals surface area contributed by atoms with Crippen molar-refractivity contribution >= 4 is 22.5 Å². The molecular weight excluding hydrogens is 375 g/mol. The van der Waals surface area contributed by atoms with Crippen molar-refractivity contribution in [2.75, 3.05) is 50.9 Å². The molecule has 2 aliphatic rings. The number of morpholine rings is 2. The second-order valence-electron chi connectivity index (χ2n) is 6.80. The summed E-state index contributed by atoms with van der Waals surface area (Å²) < 4.78 is 49.9. The molecule has 4 rings (SSSR count). The molecule has 0 N–H and O–H groups in total. The molecule has 2 fully saturated rings. The van der Waals surface area contributed by atoms with Gasteiger partial charge in [0.15, 0.2) is 6.10 Å². The van der Waals surface area contributed by atoms with Crippen molar-refractivity contribution in [1.29, 1.82) is 0 Å². The molecule has 1 unspecified atom stereocenters. The lowest BCUT2D eigenvalue weighted by molar-refractivity contribution is -0.148. The highest BCUT2D eigenvalue weighted by molar-refractivity contribution is 5.92. The average Bonchev–Trinajstić information content (AvgIpc) is 2.72. The molecule has 0 saturated carbocycles. The SMILES string of the molecule is O=C(C1CN(c2ccnc3cc(C(F)(F)F)ccc23)CCO1)N1CCOCC1. The highest BCUT2D eigenvalue weighted by Gasteiger charge is 2.33. The van der Waals surface area contributed by atoms with Crippen LogP contribution in [0.15, 0.2) is 30.5 Å². The highest BCUT2D eigenvalue weighted by atomic mass is 19.4. The Morgan fingerprint density at radius 3 is 2.64 bits per heavy atom. The third kappa shape index (κ3) is 3.77. The van der Waals surface area contributed by atoms with E-state index in [1.165, 1.54) is 12.3 Å². The van der Waals surface area contributed by atoms with Crippen LogP contribution < -0.4 is 4.90 Å². The number of alkyl halides is 3. The summed E-state index contributed by atoms with van der Waals surface area (Å²) in [5, 5.41) is 0.620. The van der Waals surface area contributed by atoms with E-state index < -0.39 is 17.8 Å². The number of carbonyl (C=O) groups excluding carboxylic acids is 1. The fourth-order valence-corrected chi connectivity index (χ4v) is 3.59. The molecule has 1 atom stereocenters. The monoisotopic (exact) mass is 395 g/mol. The largest absolute Gasteiger partial charge is 0.416 e. The minimum absolute atomic E-state index is 0.0780. The van der Waals surface area contributed by atoms with Crippen LogP contribution in [-0.4, -0.2) is 67.9 Å². The molecule has 0 bridgehead atoms. The Balaban J connectivity index is 1.58. The number of carbonyl (C=O) groups is 1. The lowest BCUT2D eigenvalue weighted by Gasteiger charge is -2.37. The van der Waals surface area contributed by atoms with Crippen molar-refractivity contribution in [3.63, 3.8) is 0 Å². The van der Waals surface area contributed by atoms with Gasteiger partial charge in [-0.15, -0.1) is 0 Å². The van der Waals surface area contributed by atoms with Crippen LogP contribution in [0.1, 0.15) is 5.56 Å². The van der Waals surface area contributed by atoms with E-state index in [9.17, 15) is 18.0 Å². The summed E-state index contributed by atoms with van der Waals surface area (Å²) in [6.07, 6.45) is -3.53. The summed E-state index contributed by atoms with van der Waals surface area (Å²) in [6, 6.07) is 5.31. The highest BCUT2D eigenvalue weighted by Crippen LogP contribution is 2.34. The van der Waals surface area contributed by atoms with Crippen LogP contribution in [0, 0.1) is 0 Å². The lowest BCUT2D eigenvalue weighted by Crippen LogP contribution is -2.53. The van der Waals surface area contributed by atoms with Gasteiger partial charge < -0.3 is 19.3 Å². The topological polar surface area (TPSA) is 54.9 Å². The fraction of sp³-hybridized carbons (Fsp3) is 0.474. The Labute approximate surface area is 159 Å². The van der Waals surface area contributed by atoms with Crippen molar-refractivity contribution in [3.05, 3.63) is 36.0 Å². The first kappa shape index (κ1) is 18.9. The number of rotatable bonds is 2. The number of anilines is 1. The number of fused-ring (bicyclic) bond motifs is 1. The molecule has 9 heteroatoms. The zero-order valence-electron chi connectivity index (χ0n) is 15.1. The Hall–Kier alpha value is -2.39. The number of aromatic nitrogens is 1. The van der Waals surface area contributed by atoms with E-state index in [0.717, 1.165) is 17.8 Å². The van der Waals surface area contributed by atoms with Crippen LogP contribution in [0.5, 0.6) is 0 Å². The Morgan fingerprint density at radius 2 is 1.89 bits per heavy atom. The number of halogens is 3. The minimum atomic E-state index is -4.42. The standard InChI is InChI=1S/C19H20F3N3O3/c20-19(21,22)13-1-2-14-15(11-13)23-4-3-16(14)25-7-10-28-17(12-25)18(26)24-5-8-27-9-6-24/h1-4,11,17H,5-10,12H2. The summed E-state index contributed by atoms with van der Waals surface area (Å²) in [5.74, 6) is -0.0780. The van der Waals surface area contributed by atoms with Crippen molar-refractivity contribution in [3.8, 4) is 0 Å². The summed E-state index contributed by atoms with van der Waals surface area (Å²) in [4.78, 5) is 20.5. The van der Waals surface area contributed by atoms with E-state index in [1.807, 2.05) is 4.90 Å². The second-order valence-corrected chi connectivity index (χ2v) is 6.80. The van der Waals surface area contributed by atoms with Crippen LogP contribution in [-0.2, 0) is 20.4 Å². The second kappa shape index (κ2) is 7.56. The van der Waals surface area contributed by atoms with Gasteiger partial charge in [0.1, 0.15) is 0 Å². The first-order valence-electron chi connectivity index (χ1n) is 9.12. The van der Waals surface area contributed by atoms with Gasteiger partial charge in [-0.3, -0.25) is 9.78 Å². The maximum absolute atomic E-state index is 13.0. The number of hydrogen-bond acceptors (Lipinski definition) is 5. The number of benzene rings is 1. The zero-order chi connectivity index (χ0) is 19.7. The van der Waals surface area contributed by atoms with E-state index in [2.05, 4.69) is 4.98 Å². The molecule has 0 aliphatic carbocycles. The van der Waals surface area contributed by atoms with Gasteiger partial charge >= 0.3 is 6.18 Å². The molecule has 1 aromatic carbocycles. The van der Waals surface area contributed by atoms with Crippen LogP contribution in [0.25, 0.3) is 10.9 Å². The predicted molar refractivity (Wildman–Crippen MR) is 96.1 cm³/mol. The van der Waals surface area contributed by atoms with Crippen LogP contribution in [0.3, 0.4) is 0 Å². The van der Waals surface area contributed by atoms with E-state index in [1.54, 1.807) is 11.0 Å². The first-order valence-corrected chi connectivity index (χ1v) is 9.12. The predicted octanol–water partition coefficient (Wildman–Crippen LogP) is 2.32. The molecule has 1 aromatic heterocycles. The van der Waals surface area contributed by atoms with E-state index in [-0.39, 0.29) is 11.4 Å². The molecule has 3 heterocycles. The minimum Gasteiger partial charge on any atom is -0.378 e. The third-order valence-corrected chi connectivity index (χ3v) is 5.05. The van der Waals surface area contributed by atoms with E-state index in [4.69, 9.17) is 9.47 Å². The van der Waals surface area contributed by atoms with Gasteiger partial charge in [0.25, 0.3) is 5.91 Å². The third-order valence-electron chi connectivity index (χ3n) is 5.05. The van der Waals surface area contributed by atoms with Gasteiger partial charge in [0.2, 0.25) is 0 Å². The number of amides is 1. The molecule has 2 aromatic rings. The Bertz CT molecular complexity index is 868. The normalized spacial score (nSPS) is 21.2. The molecule has 6 nitrogen and oxygen atoms in total. The van der Waals surface area contributed by atoms with Gasteiger partial charge in [0.05, 0.1) is 37.4 Å². The molecule has 150 valence electrons. The van der Waals surface area contributed by atoms with Gasteiger partial charge in [-0.25, -0.2) is 0 Å². The fourth-order valence-electron chi connectivity index (χ4n) is 3.59. The number of hydrogen-bond donors (Lipinski definition) is 0.